The summed E-state index contributed by atoms with van der Waals surface area (Å²) in [6.45, 7) is 3.74. The van der Waals surface area contributed by atoms with Crippen LogP contribution in [0.3, 0.4) is 0 Å². The Morgan fingerprint density at radius 1 is 0.786 bits per heavy atom. The lowest BCUT2D eigenvalue weighted by Crippen LogP contribution is -2.36. The molecule has 0 bridgehead atoms. The van der Waals surface area contributed by atoms with E-state index in [1.54, 1.807) is 28.4 Å². The van der Waals surface area contributed by atoms with Crippen molar-refractivity contribution in [2.45, 2.75) is 20.0 Å². The Labute approximate surface area is 166 Å². The van der Waals surface area contributed by atoms with Crippen LogP contribution < -0.4 is 29.6 Å². The van der Waals surface area contributed by atoms with E-state index in [9.17, 15) is 0 Å². The van der Waals surface area contributed by atoms with Gasteiger partial charge in [-0.05, 0) is 42.3 Å². The molecular formula is C21H29N3O4. The number of hydrogen-bond acceptors (Lipinski definition) is 5. The van der Waals surface area contributed by atoms with Crippen LogP contribution in [0.5, 0.6) is 23.0 Å². The van der Waals surface area contributed by atoms with E-state index in [1.165, 1.54) is 0 Å². The molecule has 0 aliphatic heterocycles. The summed E-state index contributed by atoms with van der Waals surface area (Å²) >= 11 is 0. The lowest BCUT2D eigenvalue weighted by molar-refractivity contribution is 0.310. The zero-order chi connectivity index (χ0) is 20.4. The lowest BCUT2D eigenvalue weighted by Gasteiger charge is -2.15. The third kappa shape index (κ3) is 5.70. The minimum atomic E-state index is 0.585. The molecule has 7 heteroatoms. The summed E-state index contributed by atoms with van der Waals surface area (Å²) < 4.78 is 21.6. The summed E-state index contributed by atoms with van der Waals surface area (Å²) in [6.07, 6.45) is 0. The van der Waals surface area contributed by atoms with Crippen molar-refractivity contribution in [2.24, 2.45) is 4.99 Å². The number of hydrogen-bond donors (Lipinski definition) is 2. The maximum atomic E-state index is 5.63. The Balaban J connectivity index is 1.95. The fraction of sp³-hybridized carbons (Fsp3) is 0.381. The predicted octanol–water partition coefficient (Wildman–Crippen LogP) is 2.98. The van der Waals surface area contributed by atoms with Crippen LogP contribution in [0.2, 0.25) is 0 Å². The number of rotatable bonds is 9. The van der Waals surface area contributed by atoms with E-state index in [0.29, 0.717) is 37.2 Å². The van der Waals surface area contributed by atoms with Crippen LogP contribution in [0.15, 0.2) is 41.4 Å². The van der Waals surface area contributed by atoms with E-state index in [0.717, 1.165) is 22.6 Å². The highest BCUT2D eigenvalue weighted by Gasteiger charge is 2.07. The Bertz CT molecular complexity index is 793. The Morgan fingerprint density at radius 3 is 1.75 bits per heavy atom. The number of ether oxygens (including phenoxy) is 4. The van der Waals surface area contributed by atoms with Gasteiger partial charge in [0.25, 0.3) is 0 Å². The first kappa shape index (κ1) is 21.2. The quantitative estimate of drug-likeness (QED) is 0.509. The second kappa shape index (κ2) is 10.9. The summed E-state index contributed by atoms with van der Waals surface area (Å²) in [6, 6.07) is 11.7. The number of nitrogens with zero attached hydrogens (tertiary/aromatic N) is 1. The number of nitrogens with one attached hydrogen (secondary N) is 2. The Hall–Kier alpha value is -3.09. The van der Waals surface area contributed by atoms with Gasteiger partial charge in [0.05, 0.1) is 27.9 Å². The fourth-order valence-corrected chi connectivity index (χ4v) is 2.68. The molecule has 0 heterocycles. The van der Waals surface area contributed by atoms with Gasteiger partial charge in [0.1, 0.15) is 0 Å². The molecule has 28 heavy (non-hydrogen) atoms. The van der Waals surface area contributed by atoms with Crippen LogP contribution in [0.25, 0.3) is 0 Å². The van der Waals surface area contributed by atoms with Crippen molar-refractivity contribution in [2.75, 3.05) is 35.0 Å². The number of aliphatic imine (C=N–C) groups is 1. The molecule has 7 nitrogen and oxygen atoms in total. The zero-order valence-corrected chi connectivity index (χ0v) is 17.2. The monoisotopic (exact) mass is 387 g/mol. The molecule has 152 valence electrons. The molecule has 0 atom stereocenters. The van der Waals surface area contributed by atoms with Gasteiger partial charge in [0, 0.05) is 20.1 Å². The molecule has 0 spiro atoms. The summed E-state index contributed by atoms with van der Waals surface area (Å²) in [4.78, 5) is 4.27. The van der Waals surface area contributed by atoms with Gasteiger partial charge in [0.15, 0.2) is 29.0 Å². The van der Waals surface area contributed by atoms with E-state index in [-0.39, 0.29) is 0 Å². The summed E-state index contributed by atoms with van der Waals surface area (Å²) in [7, 11) is 6.62. The lowest BCUT2D eigenvalue weighted by atomic mass is 10.2. The van der Waals surface area contributed by atoms with Crippen molar-refractivity contribution >= 4 is 5.96 Å². The highest BCUT2D eigenvalue weighted by atomic mass is 16.5. The minimum Gasteiger partial charge on any atom is -0.493 e. The number of benzene rings is 2. The second-order valence-corrected chi connectivity index (χ2v) is 5.89. The molecule has 2 aromatic rings. The molecular weight excluding hydrogens is 358 g/mol. The molecule has 0 saturated heterocycles. The largest absolute Gasteiger partial charge is 0.493 e. The highest BCUT2D eigenvalue weighted by Crippen LogP contribution is 2.28. The van der Waals surface area contributed by atoms with Crippen molar-refractivity contribution < 1.29 is 18.9 Å². The van der Waals surface area contributed by atoms with Crippen molar-refractivity contribution in [3.8, 4) is 23.0 Å². The van der Waals surface area contributed by atoms with Crippen molar-refractivity contribution in [3.05, 3.63) is 47.5 Å². The molecule has 0 fully saturated rings. The van der Waals surface area contributed by atoms with Gasteiger partial charge in [-0.15, -0.1) is 0 Å². The van der Waals surface area contributed by atoms with Gasteiger partial charge in [-0.25, -0.2) is 0 Å². The van der Waals surface area contributed by atoms with Crippen molar-refractivity contribution in [1.29, 1.82) is 0 Å². The maximum Gasteiger partial charge on any atom is 0.191 e. The van der Waals surface area contributed by atoms with Crippen LogP contribution in [-0.4, -0.2) is 40.9 Å². The number of guanidine groups is 1. The van der Waals surface area contributed by atoms with Gasteiger partial charge < -0.3 is 29.6 Å². The topological polar surface area (TPSA) is 73.3 Å². The molecule has 0 aliphatic rings. The summed E-state index contributed by atoms with van der Waals surface area (Å²) in [5.41, 5.74) is 2.13. The van der Waals surface area contributed by atoms with Crippen LogP contribution in [-0.2, 0) is 13.1 Å². The number of methoxy groups -OCH3 is 3. The second-order valence-electron chi connectivity index (χ2n) is 5.89. The third-order valence-electron chi connectivity index (χ3n) is 4.12. The van der Waals surface area contributed by atoms with E-state index in [2.05, 4.69) is 15.6 Å². The van der Waals surface area contributed by atoms with Crippen molar-refractivity contribution in [3.63, 3.8) is 0 Å². The van der Waals surface area contributed by atoms with E-state index >= 15 is 0 Å². The maximum absolute atomic E-state index is 5.63. The molecule has 2 aromatic carbocycles. The first-order valence-corrected chi connectivity index (χ1v) is 9.10. The van der Waals surface area contributed by atoms with Gasteiger partial charge in [0.2, 0.25) is 0 Å². The summed E-state index contributed by atoms with van der Waals surface area (Å²) in [5.74, 6) is 3.56. The van der Waals surface area contributed by atoms with Gasteiger partial charge >= 0.3 is 0 Å². The average molecular weight is 387 g/mol. The predicted molar refractivity (Wildman–Crippen MR) is 111 cm³/mol. The smallest absolute Gasteiger partial charge is 0.191 e. The van der Waals surface area contributed by atoms with E-state index in [1.807, 2.05) is 43.3 Å². The van der Waals surface area contributed by atoms with Gasteiger partial charge in [-0.2, -0.15) is 0 Å². The first-order valence-electron chi connectivity index (χ1n) is 9.10. The summed E-state index contributed by atoms with van der Waals surface area (Å²) in [5, 5.41) is 6.59. The normalized spacial score (nSPS) is 11.0. The molecule has 2 N–H and O–H groups in total. The molecule has 0 amide bonds. The van der Waals surface area contributed by atoms with Crippen LogP contribution in [0.1, 0.15) is 18.1 Å². The van der Waals surface area contributed by atoms with Gasteiger partial charge in [-0.1, -0.05) is 12.1 Å². The van der Waals surface area contributed by atoms with Crippen molar-refractivity contribution in [1.82, 2.24) is 10.6 Å². The van der Waals surface area contributed by atoms with Crippen LogP contribution in [0, 0.1) is 0 Å². The minimum absolute atomic E-state index is 0.585. The SMILES string of the molecule is CCOc1cc(CNC(=NC)NCc2ccc(OC)c(OC)c2)ccc1OC. The molecule has 0 aliphatic carbocycles. The zero-order valence-electron chi connectivity index (χ0n) is 17.2. The van der Waals surface area contributed by atoms with Gasteiger partial charge in [-0.3, -0.25) is 4.99 Å². The Kier molecular flexibility index (Phi) is 8.27. The third-order valence-corrected chi connectivity index (χ3v) is 4.12. The molecule has 2 rings (SSSR count). The van der Waals surface area contributed by atoms with Crippen LogP contribution >= 0.6 is 0 Å². The average Bonchev–Trinajstić information content (AvgIpc) is 2.74. The molecule has 0 saturated carbocycles. The molecule has 0 radical (unpaired) electrons. The highest BCUT2D eigenvalue weighted by molar-refractivity contribution is 5.79. The fourth-order valence-electron chi connectivity index (χ4n) is 2.68. The van der Waals surface area contributed by atoms with E-state index < -0.39 is 0 Å². The first-order chi connectivity index (χ1) is 13.6. The molecule has 0 unspecified atom stereocenters. The van der Waals surface area contributed by atoms with E-state index in [4.69, 9.17) is 18.9 Å². The standard InChI is InChI=1S/C21H29N3O4/c1-6-28-20-12-16(8-10-18(20)26-4)14-24-21(22-2)23-13-15-7-9-17(25-3)19(11-15)27-5/h7-12H,6,13-14H2,1-5H3,(H2,22,23,24). The van der Waals surface area contributed by atoms with Crippen LogP contribution in [0.4, 0.5) is 0 Å². The molecule has 0 aromatic heterocycles. The Morgan fingerprint density at radius 2 is 1.29 bits per heavy atom.